The Balaban J connectivity index is 2.09. The first-order chi connectivity index (χ1) is 10.6. The summed E-state index contributed by atoms with van der Waals surface area (Å²) in [7, 11) is 0. The summed E-state index contributed by atoms with van der Waals surface area (Å²) in [5, 5.41) is 27.5. The van der Waals surface area contributed by atoms with E-state index in [2.05, 4.69) is 15.2 Å². The summed E-state index contributed by atoms with van der Waals surface area (Å²) in [6, 6.07) is 8.80. The smallest absolute Gasteiger partial charge is 0.182 e. The van der Waals surface area contributed by atoms with Crippen molar-refractivity contribution in [2.45, 2.75) is 20.5 Å². The number of phenols is 1. The van der Waals surface area contributed by atoms with Crippen LogP contribution in [0.15, 0.2) is 46.8 Å². The zero-order chi connectivity index (χ0) is 15.7. The van der Waals surface area contributed by atoms with Gasteiger partial charge in [0.15, 0.2) is 5.82 Å². The number of nitrogens with zero attached hydrogens (tertiary/aromatic N) is 4. The Morgan fingerprint density at radius 1 is 1.18 bits per heavy atom. The highest BCUT2D eigenvalue weighted by molar-refractivity contribution is 5.57. The van der Waals surface area contributed by atoms with E-state index in [1.165, 1.54) is 0 Å². The predicted molar refractivity (Wildman–Crippen MR) is 82.9 cm³/mol. The minimum absolute atomic E-state index is 0.0804. The van der Waals surface area contributed by atoms with Crippen LogP contribution in [0.3, 0.4) is 0 Å². The lowest BCUT2D eigenvalue weighted by atomic mass is 10.2. The van der Waals surface area contributed by atoms with Crippen LogP contribution in [-0.2, 0) is 6.61 Å². The molecule has 1 aromatic carbocycles. The van der Waals surface area contributed by atoms with Gasteiger partial charge in [-0.05, 0) is 37.6 Å². The zero-order valence-electron chi connectivity index (χ0n) is 12.4. The number of pyridine rings is 1. The van der Waals surface area contributed by atoms with Gasteiger partial charge in [-0.1, -0.05) is 12.1 Å². The molecule has 22 heavy (non-hydrogen) atoms. The van der Waals surface area contributed by atoms with Gasteiger partial charge in [0.25, 0.3) is 0 Å². The molecular weight excluding hydrogens is 280 g/mol. The molecule has 112 valence electrons. The fraction of sp³-hybridized carbons (Fsp3) is 0.188. The van der Waals surface area contributed by atoms with Crippen LogP contribution >= 0.6 is 0 Å². The monoisotopic (exact) mass is 296 g/mol. The SMILES string of the molecule is Cc1ccc(O)c(N=Nc2c(C)nc3c(CO)cccn23)c1. The predicted octanol–water partition coefficient (Wildman–Crippen LogP) is 3.56. The van der Waals surface area contributed by atoms with Crippen molar-refractivity contribution in [3.8, 4) is 5.75 Å². The van der Waals surface area contributed by atoms with E-state index in [4.69, 9.17) is 0 Å². The molecule has 0 atom stereocenters. The van der Waals surface area contributed by atoms with E-state index in [1.54, 1.807) is 22.6 Å². The molecule has 0 aliphatic heterocycles. The Morgan fingerprint density at radius 3 is 2.77 bits per heavy atom. The lowest BCUT2D eigenvalue weighted by molar-refractivity contribution is 0.282. The molecule has 2 N–H and O–H groups in total. The zero-order valence-corrected chi connectivity index (χ0v) is 12.4. The number of azo groups is 1. The van der Waals surface area contributed by atoms with Gasteiger partial charge >= 0.3 is 0 Å². The van der Waals surface area contributed by atoms with Crippen molar-refractivity contribution >= 4 is 17.2 Å². The number of fused-ring (bicyclic) bond motifs is 1. The number of phenolic OH excluding ortho intramolecular Hbond substituents is 1. The van der Waals surface area contributed by atoms with Gasteiger partial charge in [-0.25, -0.2) is 4.98 Å². The summed E-state index contributed by atoms with van der Waals surface area (Å²) >= 11 is 0. The topological polar surface area (TPSA) is 82.5 Å². The molecule has 0 aliphatic carbocycles. The summed E-state index contributed by atoms with van der Waals surface area (Å²) in [6.07, 6.45) is 1.82. The number of rotatable bonds is 3. The van der Waals surface area contributed by atoms with Crippen LogP contribution in [0.25, 0.3) is 5.65 Å². The van der Waals surface area contributed by atoms with Crippen molar-refractivity contribution in [1.29, 1.82) is 0 Å². The fourth-order valence-corrected chi connectivity index (χ4v) is 2.28. The van der Waals surface area contributed by atoms with Crippen molar-refractivity contribution in [3.05, 3.63) is 53.3 Å². The highest BCUT2D eigenvalue weighted by Crippen LogP contribution is 2.30. The van der Waals surface area contributed by atoms with E-state index >= 15 is 0 Å². The van der Waals surface area contributed by atoms with Crippen LogP contribution in [0.2, 0.25) is 0 Å². The van der Waals surface area contributed by atoms with Crippen LogP contribution in [0, 0.1) is 13.8 Å². The molecule has 6 heteroatoms. The number of imidazole rings is 1. The van der Waals surface area contributed by atoms with Gasteiger partial charge in [-0.3, -0.25) is 4.40 Å². The highest BCUT2D eigenvalue weighted by atomic mass is 16.3. The molecule has 0 aliphatic rings. The number of aromatic nitrogens is 2. The Kier molecular flexibility index (Phi) is 3.60. The third-order valence-electron chi connectivity index (χ3n) is 3.43. The maximum atomic E-state index is 9.82. The second-order valence-corrected chi connectivity index (χ2v) is 5.10. The number of aromatic hydroxyl groups is 1. The van der Waals surface area contributed by atoms with Crippen molar-refractivity contribution in [3.63, 3.8) is 0 Å². The van der Waals surface area contributed by atoms with Crippen LogP contribution in [0.4, 0.5) is 11.5 Å². The molecule has 0 bridgehead atoms. The second-order valence-electron chi connectivity index (χ2n) is 5.10. The third kappa shape index (κ3) is 2.44. The van der Waals surface area contributed by atoms with E-state index in [9.17, 15) is 10.2 Å². The highest BCUT2D eigenvalue weighted by Gasteiger charge is 2.11. The average molecular weight is 296 g/mol. The first kappa shape index (κ1) is 14.2. The van der Waals surface area contributed by atoms with Crippen molar-refractivity contribution < 1.29 is 10.2 Å². The summed E-state index contributed by atoms with van der Waals surface area (Å²) in [5.74, 6) is 0.656. The Hall–Kier alpha value is -2.73. The van der Waals surface area contributed by atoms with E-state index < -0.39 is 0 Å². The van der Waals surface area contributed by atoms with Gasteiger partial charge in [0.1, 0.15) is 17.1 Å². The van der Waals surface area contributed by atoms with Crippen LogP contribution < -0.4 is 0 Å². The van der Waals surface area contributed by atoms with Crippen LogP contribution in [-0.4, -0.2) is 19.6 Å². The minimum atomic E-state index is -0.0873. The van der Waals surface area contributed by atoms with Gasteiger partial charge in [0, 0.05) is 11.8 Å². The molecule has 0 radical (unpaired) electrons. The quantitative estimate of drug-likeness (QED) is 0.725. The van der Waals surface area contributed by atoms with E-state index in [0.29, 0.717) is 22.8 Å². The van der Waals surface area contributed by atoms with Gasteiger partial charge < -0.3 is 10.2 Å². The standard InChI is InChI=1S/C16H16N4O2/c1-10-5-6-14(22)13(8-10)18-19-15-11(2)17-16-12(9-21)4-3-7-20(15)16/h3-8,21-22H,9H2,1-2H3. The first-order valence-electron chi connectivity index (χ1n) is 6.89. The van der Waals surface area contributed by atoms with Gasteiger partial charge in [-0.15, -0.1) is 10.2 Å². The molecule has 0 fully saturated rings. The number of hydrogen-bond acceptors (Lipinski definition) is 5. The summed E-state index contributed by atoms with van der Waals surface area (Å²) in [6.45, 7) is 3.67. The van der Waals surface area contributed by atoms with Gasteiger partial charge in [0.05, 0.1) is 12.3 Å². The van der Waals surface area contributed by atoms with E-state index in [-0.39, 0.29) is 12.4 Å². The molecule has 3 aromatic rings. The third-order valence-corrected chi connectivity index (χ3v) is 3.43. The molecule has 0 saturated carbocycles. The second kappa shape index (κ2) is 5.57. The normalized spacial score (nSPS) is 11.6. The van der Waals surface area contributed by atoms with Crippen molar-refractivity contribution in [1.82, 2.24) is 9.38 Å². The van der Waals surface area contributed by atoms with Gasteiger partial charge in [0.2, 0.25) is 0 Å². The van der Waals surface area contributed by atoms with Crippen molar-refractivity contribution in [2.24, 2.45) is 10.2 Å². The lowest BCUT2D eigenvalue weighted by Crippen LogP contribution is -1.90. The van der Waals surface area contributed by atoms with Crippen molar-refractivity contribution in [2.75, 3.05) is 0 Å². The largest absolute Gasteiger partial charge is 0.506 e. The molecule has 0 amide bonds. The maximum Gasteiger partial charge on any atom is 0.182 e. The fourth-order valence-electron chi connectivity index (χ4n) is 2.28. The number of hydrogen-bond donors (Lipinski definition) is 2. The van der Waals surface area contributed by atoms with Crippen LogP contribution in [0.1, 0.15) is 16.8 Å². The molecule has 6 nitrogen and oxygen atoms in total. The summed E-state index contributed by atoms with van der Waals surface area (Å²) < 4.78 is 1.78. The van der Waals surface area contributed by atoms with Gasteiger partial charge in [-0.2, -0.15) is 0 Å². The van der Waals surface area contributed by atoms with E-state index in [1.807, 2.05) is 32.2 Å². The molecular formula is C16H16N4O2. The molecule has 0 saturated heterocycles. The van der Waals surface area contributed by atoms with Crippen LogP contribution in [0.5, 0.6) is 5.75 Å². The molecule has 3 rings (SSSR count). The average Bonchev–Trinajstić information content (AvgIpc) is 2.83. The lowest BCUT2D eigenvalue weighted by Gasteiger charge is -2.01. The molecule has 0 unspecified atom stereocenters. The summed E-state index contributed by atoms with van der Waals surface area (Å²) in [5.41, 5.74) is 3.49. The minimum Gasteiger partial charge on any atom is -0.506 e. The molecule has 2 aromatic heterocycles. The molecule has 0 spiro atoms. The number of aliphatic hydroxyl groups is 1. The Morgan fingerprint density at radius 2 is 2.00 bits per heavy atom. The summed E-state index contributed by atoms with van der Waals surface area (Å²) in [4.78, 5) is 4.42. The Labute approximate surface area is 127 Å². The Bertz CT molecular complexity index is 868. The number of benzene rings is 1. The maximum absolute atomic E-state index is 9.82. The van der Waals surface area contributed by atoms with E-state index in [0.717, 1.165) is 11.1 Å². The first-order valence-corrected chi connectivity index (χ1v) is 6.89. The number of aliphatic hydroxyl groups excluding tert-OH is 1. The molecule has 2 heterocycles. The number of aryl methyl sites for hydroxylation is 2.